The number of nitriles is 1. The summed E-state index contributed by atoms with van der Waals surface area (Å²) in [6.07, 6.45) is 6.92. The number of hydrogen-bond donors (Lipinski definition) is 2. The molecule has 2 aromatic carbocycles. The number of nitrogens with one attached hydrogen (secondary N) is 1. The van der Waals surface area contributed by atoms with Crippen molar-refractivity contribution in [2.45, 2.75) is 6.42 Å². The van der Waals surface area contributed by atoms with Gasteiger partial charge in [0.1, 0.15) is 17.4 Å². The van der Waals surface area contributed by atoms with E-state index in [9.17, 15) is 14.3 Å². The summed E-state index contributed by atoms with van der Waals surface area (Å²) in [5.74, 6) is -0.0281. The van der Waals surface area contributed by atoms with Crippen LogP contribution in [0.5, 0.6) is 5.75 Å². The van der Waals surface area contributed by atoms with Crippen molar-refractivity contribution in [1.82, 2.24) is 19.4 Å². The van der Waals surface area contributed by atoms with Crippen molar-refractivity contribution in [3.63, 3.8) is 0 Å². The summed E-state index contributed by atoms with van der Waals surface area (Å²) in [7, 11) is 1.64. The number of nitrogens with zero attached hydrogens (tertiary/aromatic N) is 5. The summed E-state index contributed by atoms with van der Waals surface area (Å²) in [4.78, 5) is 18.7. The molecule has 2 aromatic heterocycles. The van der Waals surface area contributed by atoms with Crippen LogP contribution in [0.3, 0.4) is 0 Å². The SMILES string of the molecule is Cn1ccn(-c2ccc(-c3cc(F)cc(-c4ccnc(N5C=C(CC#N)NCC5)c4)c3O)cc2Cl)c1=O. The molecule has 186 valence electrons. The first-order valence-electron chi connectivity index (χ1n) is 11.5. The molecule has 0 saturated carbocycles. The first-order valence-corrected chi connectivity index (χ1v) is 11.8. The van der Waals surface area contributed by atoms with Crippen LogP contribution in [0.2, 0.25) is 5.02 Å². The van der Waals surface area contributed by atoms with E-state index >= 15 is 0 Å². The Morgan fingerprint density at radius 3 is 2.59 bits per heavy atom. The molecule has 8 nitrogen and oxygen atoms in total. The van der Waals surface area contributed by atoms with Gasteiger partial charge in [-0.2, -0.15) is 5.26 Å². The molecule has 37 heavy (non-hydrogen) atoms. The van der Waals surface area contributed by atoms with Crippen LogP contribution in [0.1, 0.15) is 6.42 Å². The van der Waals surface area contributed by atoms with Gasteiger partial charge in [0.25, 0.3) is 0 Å². The van der Waals surface area contributed by atoms with Crippen LogP contribution in [0.15, 0.2) is 77.7 Å². The molecule has 0 spiro atoms. The fraction of sp³-hybridized carbons (Fsp3) is 0.148. The standard InChI is InChI=1S/C27H22ClFN6O2/c1-33-10-11-35(27(33)37)24-3-2-17(12-23(24)28)21-14-19(29)15-22(26(21)36)18-5-7-32-25(13-18)34-9-8-31-20(16-34)4-6-30/h2-3,5,7,10-16,31,36H,4,8-9H2,1H3. The average molecular weight is 517 g/mol. The third-order valence-electron chi connectivity index (χ3n) is 6.18. The van der Waals surface area contributed by atoms with E-state index in [1.165, 1.54) is 21.3 Å². The van der Waals surface area contributed by atoms with Crippen molar-refractivity contribution in [2.24, 2.45) is 7.05 Å². The largest absolute Gasteiger partial charge is 0.507 e. The topological polar surface area (TPSA) is 99.1 Å². The quantitative estimate of drug-likeness (QED) is 0.403. The van der Waals surface area contributed by atoms with Gasteiger partial charge < -0.3 is 19.9 Å². The van der Waals surface area contributed by atoms with E-state index in [0.29, 0.717) is 41.3 Å². The minimum Gasteiger partial charge on any atom is -0.507 e. The third-order valence-corrected chi connectivity index (χ3v) is 6.48. The summed E-state index contributed by atoms with van der Waals surface area (Å²) < 4.78 is 17.6. The Balaban J connectivity index is 1.54. The molecular formula is C27H22ClFN6O2. The van der Waals surface area contributed by atoms with Crippen LogP contribution in [0.25, 0.3) is 27.9 Å². The zero-order valence-electron chi connectivity index (χ0n) is 19.8. The van der Waals surface area contributed by atoms with Crippen LogP contribution >= 0.6 is 11.6 Å². The third kappa shape index (κ3) is 4.67. The Kier molecular flexibility index (Phi) is 6.42. The van der Waals surface area contributed by atoms with Gasteiger partial charge in [0, 0.05) is 61.8 Å². The number of imidazole rings is 1. The molecule has 1 aliphatic heterocycles. The molecule has 0 fully saturated rings. The number of aromatic nitrogens is 3. The van der Waals surface area contributed by atoms with Crippen LogP contribution < -0.4 is 15.9 Å². The fourth-order valence-corrected chi connectivity index (χ4v) is 4.58. The lowest BCUT2D eigenvalue weighted by Crippen LogP contribution is -2.35. The number of aryl methyl sites for hydroxylation is 1. The molecular weight excluding hydrogens is 495 g/mol. The van der Waals surface area contributed by atoms with Crippen LogP contribution in [-0.4, -0.2) is 32.3 Å². The van der Waals surface area contributed by atoms with Gasteiger partial charge >= 0.3 is 5.69 Å². The lowest BCUT2D eigenvalue weighted by molar-refractivity contribution is 0.477. The molecule has 0 radical (unpaired) electrons. The average Bonchev–Trinajstić information content (AvgIpc) is 3.23. The lowest BCUT2D eigenvalue weighted by Gasteiger charge is -2.26. The summed E-state index contributed by atoms with van der Waals surface area (Å²) in [6, 6.07) is 13.0. The van der Waals surface area contributed by atoms with E-state index in [2.05, 4.69) is 16.4 Å². The number of phenols is 1. The number of allylic oxidation sites excluding steroid dienone is 1. The van der Waals surface area contributed by atoms with E-state index in [4.69, 9.17) is 16.9 Å². The summed E-state index contributed by atoms with van der Waals surface area (Å²) in [5, 5.41) is 23.7. The maximum Gasteiger partial charge on any atom is 0.332 e. The van der Waals surface area contributed by atoms with Crippen LogP contribution in [0, 0.1) is 17.1 Å². The van der Waals surface area contributed by atoms with Crippen molar-refractivity contribution in [2.75, 3.05) is 18.0 Å². The maximum absolute atomic E-state index is 14.8. The Morgan fingerprint density at radius 2 is 1.92 bits per heavy atom. The molecule has 0 atom stereocenters. The first-order chi connectivity index (χ1) is 17.9. The Bertz CT molecular complexity index is 1630. The molecule has 1 aliphatic rings. The smallest absolute Gasteiger partial charge is 0.332 e. The molecule has 0 amide bonds. The normalized spacial score (nSPS) is 13.1. The van der Waals surface area contributed by atoms with Crippen LogP contribution in [0.4, 0.5) is 10.2 Å². The minimum absolute atomic E-state index is 0.111. The van der Waals surface area contributed by atoms with Gasteiger partial charge in [-0.05, 0) is 47.5 Å². The summed E-state index contributed by atoms with van der Waals surface area (Å²) in [5.41, 5.74) is 2.65. The van der Waals surface area contributed by atoms with Crippen molar-refractivity contribution in [3.8, 4) is 39.8 Å². The van der Waals surface area contributed by atoms with Gasteiger partial charge in [-0.3, -0.25) is 4.57 Å². The van der Waals surface area contributed by atoms with Gasteiger partial charge in [0.15, 0.2) is 0 Å². The monoisotopic (exact) mass is 516 g/mol. The number of halogens is 2. The van der Waals surface area contributed by atoms with Crippen molar-refractivity contribution in [1.29, 1.82) is 5.26 Å². The molecule has 3 heterocycles. The first kappa shape index (κ1) is 24.2. The highest BCUT2D eigenvalue weighted by molar-refractivity contribution is 6.32. The number of pyridine rings is 1. The van der Waals surface area contributed by atoms with Gasteiger partial charge in [-0.25, -0.2) is 14.2 Å². The zero-order chi connectivity index (χ0) is 26.1. The predicted octanol–water partition coefficient (Wildman–Crippen LogP) is 4.57. The minimum atomic E-state index is -0.529. The zero-order valence-corrected chi connectivity index (χ0v) is 20.6. The number of anilines is 1. The highest BCUT2D eigenvalue weighted by atomic mass is 35.5. The molecule has 5 rings (SSSR count). The second kappa shape index (κ2) is 9.84. The molecule has 10 heteroatoms. The molecule has 4 aromatic rings. The van der Waals surface area contributed by atoms with Crippen molar-refractivity contribution >= 4 is 17.4 Å². The Labute approximate surface area is 217 Å². The van der Waals surface area contributed by atoms with Gasteiger partial charge in [-0.15, -0.1) is 0 Å². The van der Waals surface area contributed by atoms with Gasteiger partial charge in [0.05, 0.1) is 23.2 Å². The van der Waals surface area contributed by atoms with E-state index in [-0.39, 0.29) is 28.4 Å². The molecule has 0 unspecified atom stereocenters. The van der Waals surface area contributed by atoms with Crippen molar-refractivity contribution in [3.05, 3.63) is 94.3 Å². The summed E-state index contributed by atoms with van der Waals surface area (Å²) >= 11 is 6.50. The van der Waals surface area contributed by atoms with E-state index in [0.717, 1.165) is 5.70 Å². The number of aromatic hydroxyl groups is 1. The van der Waals surface area contributed by atoms with E-state index in [1.807, 2.05) is 11.1 Å². The number of benzene rings is 2. The number of hydrogen-bond acceptors (Lipinski definition) is 6. The lowest BCUT2D eigenvalue weighted by atomic mass is 9.97. The number of phenolic OH excluding ortho intramolecular Hbond substituents is 1. The maximum atomic E-state index is 14.8. The number of rotatable bonds is 5. The predicted molar refractivity (Wildman–Crippen MR) is 140 cm³/mol. The highest BCUT2D eigenvalue weighted by Gasteiger charge is 2.18. The van der Waals surface area contributed by atoms with Crippen LogP contribution in [-0.2, 0) is 7.05 Å². The molecule has 0 aliphatic carbocycles. The highest BCUT2D eigenvalue weighted by Crippen LogP contribution is 2.41. The summed E-state index contributed by atoms with van der Waals surface area (Å²) in [6.45, 7) is 1.29. The Hall–Kier alpha value is -4.55. The Morgan fingerprint density at radius 1 is 1.16 bits per heavy atom. The van der Waals surface area contributed by atoms with E-state index in [1.54, 1.807) is 56.0 Å². The second-order valence-corrected chi connectivity index (χ2v) is 9.00. The molecule has 2 N–H and O–H groups in total. The molecule has 0 saturated heterocycles. The van der Waals surface area contributed by atoms with E-state index < -0.39 is 5.82 Å². The molecule has 0 bridgehead atoms. The van der Waals surface area contributed by atoms with Crippen molar-refractivity contribution < 1.29 is 9.50 Å². The second-order valence-electron chi connectivity index (χ2n) is 8.59. The van der Waals surface area contributed by atoms with Gasteiger partial charge in [0.2, 0.25) is 0 Å². The fourth-order valence-electron chi connectivity index (χ4n) is 4.31. The van der Waals surface area contributed by atoms with Gasteiger partial charge in [-0.1, -0.05) is 17.7 Å².